The van der Waals surface area contributed by atoms with Gasteiger partial charge in [-0.05, 0) is 55.5 Å². The van der Waals surface area contributed by atoms with Crippen LogP contribution in [0.3, 0.4) is 0 Å². The molecule has 0 amide bonds. The second kappa shape index (κ2) is 5.50. The summed E-state index contributed by atoms with van der Waals surface area (Å²) in [4.78, 5) is 2.29. The number of benzene rings is 1. The average Bonchev–Trinajstić information content (AvgIpc) is 2.28. The molecule has 1 aromatic rings. The van der Waals surface area contributed by atoms with E-state index in [1.807, 2.05) is 0 Å². The molecular weight excluding hydrogens is 215 g/mol. The molecule has 0 bridgehead atoms. The minimum absolute atomic E-state index is 0.149. The highest BCUT2D eigenvalue weighted by Crippen LogP contribution is 2.24. The van der Waals surface area contributed by atoms with Crippen molar-refractivity contribution in [2.45, 2.75) is 26.2 Å². The summed E-state index contributed by atoms with van der Waals surface area (Å²) in [5, 5.41) is 0. The molecule has 1 heterocycles. The summed E-state index contributed by atoms with van der Waals surface area (Å²) in [7, 11) is 0. The van der Waals surface area contributed by atoms with Crippen LogP contribution in [0.5, 0.6) is 0 Å². The van der Waals surface area contributed by atoms with Crippen LogP contribution in [0.15, 0.2) is 18.2 Å². The normalized spacial score (nSPS) is 20.6. The Bertz CT molecular complexity index is 378. The van der Waals surface area contributed by atoms with Crippen molar-refractivity contribution in [1.29, 1.82) is 0 Å². The molecule has 1 unspecified atom stereocenters. The molecule has 1 saturated heterocycles. The number of hydrogen-bond acceptors (Lipinski definition) is 2. The van der Waals surface area contributed by atoms with Gasteiger partial charge in [-0.15, -0.1) is 0 Å². The molecule has 1 aromatic carbocycles. The van der Waals surface area contributed by atoms with E-state index in [9.17, 15) is 4.39 Å². The Balaban J connectivity index is 2.18. The maximum absolute atomic E-state index is 13.5. The number of rotatable bonds is 3. The first-order valence-corrected chi connectivity index (χ1v) is 6.43. The maximum atomic E-state index is 13.5. The third-order valence-electron chi connectivity index (χ3n) is 3.40. The van der Waals surface area contributed by atoms with Crippen LogP contribution >= 0.6 is 0 Å². The lowest BCUT2D eigenvalue weighted by atomic mass is 9.99. The van der Waals surface area contributed by atoms with Crippen molar-refractivity contribution in [2.24, 2.45) is 11.7 Å². The average molecular weight is 236 g/mol. The zero-order valence-corrected chi connectivity index (χ0v) is 10.5. The van der Waals surface area contributed by atoms with Crippen molar-refractivity contribution in [1.82, 2.24) is 0 Å². The molecule has 0 saturated carbocycles. The molecule has 17 heavy (non-hydrogen) atoms. The Morgan fingerprint density at radius 1 is 1.41 bits per heavy atom. The smallest absolute Gasteiger partial charge is 0.125 e. The zero-order chi connectivity index (χ0) is 12.3. The molecule has 0 spiro atoms. The summed E-state index contributed by atoms with van der Waals surface area (Å²) in [6.45, 7) is 4.90. The molecule has 2 rings (SSSR count). The molecule has 1 atom stereocenters. The monoisotopic (exact) mass is 236 g/mol. The maximum Gasteiger partial charge on any atom is 0.125 e. The van der Waals surface area contributed by atoms with E-state index in [2.05, 4.69) is 17.9 Å². The fraction of sp³-hybridized carbons (Fsp3) is 0.571. The highest BCUT2D eigenvalue weighted by Gasteiger charge is 2.17. The molecule has 1 aliphatic rings. The van der Waals surface area contributed by atoms with Gasteiger partial charge in [0.25, 0.3) is 0 Å². The van der Waals surface area contributed by atoms with Gasteiger partial charge in [0.2, 0.25) is 0 Å². The van der Waals surface area contributed by atoms with E-state index in [0.717, 1.165) is 30.8 Å². The molecule has 2 nitrogen and oxygen atoms in total. The van der Waals surface area contributed by atoms with Gasteiger partial charge in [-0.25, -0.2) is 4.39 Å². The second-order valence-corrected chi connectivity index (χ2v) is 5.05. The van der Waals surface area contributed by atoms with E-state index >= 15 is 0 Å². The number of anilines is 1. The Morgan fingerprint density at radius 2 is 2.24 bits per heavy atom. The lowest BCUT2D eigenvalue weighted by Crippen LogP contribution is -2.34. The van der Waals surface area contributed by atoms with Gasteiger partial charge in [-0.2, -0.15) is 0 Å². The predicted molar refractivity (Wildman–Crippen MR) is 69.8 cm³/mol. The van der Waals surface area contributed by atoms with Crippen molar-refractivity contribution in [2.75, 3.05) is 24.5 Å². The molecule has 2 N–H and O–H groups in total. The SMILES string of the molecule is CC1CCCN(c2cc(F)cc(CCN)c2)C1. The van der Waals surface area contributed by atoms with E-state index < -0.39 is 0 Å². The number of nitrogens with zero attached hydrogens (tertiary/aromatic N) is 1. The third kappa shape index (κ3) is 3.19. The highest BCUT2D eigenvalue weighted by molar-refractivity contribution is 5.49. The van der Waals surface area contributed by atoms with Crippen LogP contribution in [0.1, 0.15) is 25.3 Å². The molecule has 3 heteroatoms. The topological polar surface area (TPSA) is 29.3 Å². The Morgan fingerprint density at radius 3 is 2.94 bits per heavy atom. The largest absolute Gasteiger partial charge is 0.371 e. The molecule has 0 aliphatic carbocycles. The van der Waals surface area contributed by atoms with Gasteiger partial charge in [0.1, 0.15) is 5.82 Å². The standard InChI is InChI=1S/C14H21FN2/c1-11-3-2-6-17(10-11)14-8-12(4-5-16)7-13(15)9-14/h7-9,11H,2-6,10,16H2,1H3. The predicted octanol–water partition coefficient (Wildman–Crippen LogP) is 2.56. The van der Waals surface area contributed by atoms with Crippen LogP contribution in [0.2, 0.25) is 0 Å². The van der Waals surface area contributed by atoms with E-state index in [-0.39, 0.29) is 5.82 Å². The number of hydrogen-bond donors (Lipinski definition) is 1. The lowest BCUT2D eigenvalue weighted by Gasteiger charge is -2.33. The Kier molecular flexibility index (Phi) is 4.00. The van der Waals surface area contributed by atoms with Gasteiger partial charge in [0, 0.05) is 18.8 Å². The number of piperidine rings is 1. The van der Waals surface area contributed by atoms with Crippen molar-refractivity contribution in [3.05, 3.63) is 29.6 Å². The van der Waals surface area contributed by atoms with Crippen molar-refractivity contribution in [3.63, 3.8) is 0 Å². The van der Waals surface area contributed by atoms with Gasteiger partial charge in [-0.3, -0.25) is 0 Å². The van der Waals surface area contributed by atoms with E-state index in [1.54, 1.807) is 12.1 Å². The van der Waals surface area contributed by atoms with Crippen molar-refractivity contribution >= 4 is 5.69 Å². The Hall–Kier alpha value is -1.09. The van der Waals surface area contributed by atoms with Gasteiger partial charge in [0.05, 0.1) is 0 Å². The molecule has 1 fully saturated rings. The summed E-state index contributed by atoms with van der Waals surface area (Å²) in [6, 6.07) is 5.30. The van der Waals surface area contributed by atoms with E-state index in [1.165, 1.54) is 12.8 Å². The van der Waals surface area contributed by atoms with Gasteiger partial charge >= 0.3 is 0 Å². The zero-order valence-electron chi connectivity index (χ0n) is 10.5. The minimum Gasteiger partial charge on any atom is -0.371 e. The summed E-state index contributed by atoms with van der Waals surface area (Å²) in [5.41, 5.74) is 7.54. The summed E-state index contributed by atoms with van der Waals surface area (Å²) in [5.74, 6) is 0.550. The van der Waals surface area contributed by atoms with Crippen LogP contribution in [0.25, 0.3) is 0 Å². The van der Waals surface area contributed by atoms with Crippen LogP contribution in [0.4, 0.5) is 10.1 Å². The minimum atomic E-state index is -0.149. The first kappa shape index (κ1) is 12.4. The molecule has 0 radical (unpaired) electrons. The molecule has 1 aliphatic heterocycles. The first-order chi connectivity index (χ1) is 8.19. The quantitative estimate of drug-likeness (QED) is 0.874. The highest BCUT2D eigenvalue weighted by atomic mass is 19.1. The van der Waals surface area contributed by atoms with Crippen molar-refractivity contribution in [3.8, 4) is 0 Å². The van der Waals surface area contributed by atoms with E-state index in [0.29, 0.717) is 12.5 Å². The fourth-order valence-electron chi connectivity index (χ4n) is 2.55. The third-order valence-corrected chi connectivity index (χ3v) is 3.40. The fourth-order valence-corrected chi connectivity index (χ4v) is 2.55. The van der Waals surface area contributed by atoms with Gasteiger partial charge < -0.3 is 10.6 Å². The second-order valence-electron chi connectivity index (χ2n) is 5.05. The van der Waals surface area contributed by atoms with Crippen LogP contribution in [-0.4, -0.2) is 19.6 Å². The summed E-state index contributed by atoms with van der Waals surface area (Å²) >= 11 is 0. The van der Waals surface area contributed by atoms with Gasteiger partial charge in [-0.1, -0.05) is 6.92 Å². The summed E-state index contributed by atoms with van der Waals surface area (Å²) < 4.78 is 13.5. The van der Waals surface area contributed by atoms with E-state index in [4.69, 9.17) is 5.73 Å². The first-order valence-electron chi connectivity index (χ1n) is 6.43. The van der Waals surface area contributed by atoms with Crippen LogP contribution < -0.4 is 10.6 Å². The number of nitrogens with two attached hydrogens (primary N) is 1. The van der Waals surface area contributed by atoms with Crippen LogP contribution in [0, 0.1) is 11.7 Å². The van der Waals surface area contributed by atoms with Crippen LogP contribution in [-0.2, 0) is 6.42 Å². The molecule has 0 aromatic heterocycles. The Labute approximate surface area is 103 Å². The molecular formula is C14H21FN2. The van der Waals surface area contributed by atoms with Gasteiger partial charge in [0.15, 0.2) is 0 Å². The van der Waals surface area contributed by atoms with Crippen molar-refractivity contribution < 1.29 is 4.39 Å². The summed E-state index contributed by atoms with van der Waals surface area (Å²) in [6.07, 6.45) is 3.22. The lowest BCUT2D eigenvalue weighted by molar-refractivity contribution is 0.446. The number of halogens is 1. The molecule has 94 valence electrons.